The van der Waals surface area contributed by atoms with Crippen molar-refractivity contribution in [1.29, 1.82) is 0 Å². The minimum atomic E-state index is -0.356. The van der Waals surface area contributed by atoms with Crippen molar-refractivity contribution in [3.8, 4) is 11.1 Å². The lowest BCUT2D eigenvalue weighted by atomic mass is 10.0. The van der Waals surface area contributed by atoms with Gasteiger partial charge in [0.05, 0.1) is 5.56 Å². The Morgan fingerprint density at radius 1 is 1.14 bits per heavy atom. The molecule has 1 heterocycles. The monoisotopic (exact) mass is 299 g/mol. The van der Waals surface area contributed by atoms with Crippen molar-refractivity contribution in [1.82, 2.24) is 9.47 Å². The van der Waals surface area contributed by atoms with Crippen LogP contribution in [0.2, 0.25) is 0 Å². The molecule has 0 atom stereocenters. The normalized spacial score (nSPS) is 11.1. The number of carbonyl (C=O) groups is 1. The molecule has 0 bridgehead atoms. The van der Waals surface area contributed by atoms with Crippen molar-refractivity contribution in [2.45, 2.75) is 26.8 Å². The van der Waals surface area contributed by atoms with Gasteiger partial charge in [0.1, 0.15) is 0 Å². The van der Waals surface area contributed by atoms with Crippen molar-refractivity contribution in [3.63, 3.8) is 0 Å². The molecule has 1 amide bonds. The van der Waals surface area contributed by atoms with Gasteiger partial charge in [0.15, 0.2) is 0 Å². The van der Waals surface area contributed by atoms with E-state index in [4.69, 9.17) is 5.73 Å². The number of amides is 1. The molecule has 22 heavy (non-hydrogen) atoms. The first kappa shape index (κ1) is 16.3. The van der Waals surface area contributed by atoms with E-state index in [-0.39, 0.29) is 5.91 Å². The summed E-state index contributed by atoms with van der Waals surface area (Å²) in [5, 5.41) is 0. The van der Waals surface area contributed by atoms with Crippen molar-refractivity contribution < 1.29 is 4.79 Å². The van der Waals surface area contributed by atoms with Gasteiger partial charge in [0.2, 0.25) is 0 Å². The summed E-state index contributed by atoms with van der Waals surface area (Å²) in [6, 6.07) is 10.00. The molecule has 0 spiro atoms. The summed E-state index contributed by atoms with van der Waals surface area (Å²) in [6.07, 6.45) is 1.04. The minimum Gasteiger partial charge on any atom is -0.366 e. The van der Waals surface area contributed by atoms with Gasteiger partial charge in [-0.15, -0.1) is 0 Å². The zero-order valence-corrected chi connectivity index (χ0v) is 13.9. The lowest BCUT2D eigenvalue weighted by Gasteiger charge is -2.13. The van der Waals surface area contributed by atoms with Gasteiger partial charge in [0, 0.05) is 23.5 Å². The van der Waals surface area contributed by atoms with Crippen LogP contribution in [0.3, 0.4) is 0 Å². The van der Waals surface area contributed by atoms with Crippen molar-refractivity contribution in [2.75, 3.05) is 20.6 Å². The molecule has 2 N–H and O–H groups in total. The van der Waals surface area contributed by atoms with E-state index in [0.717, 1.165) is 42.0 Å². The first-order valence-corrected chi connectivity index (χ1v) is 7.63. The van der Waals surface area contributed by atoms with Gasteiger partial charge in [-0.3, -0.25) is 4.79 Å². The molecule has 0 fully saturated rings. The highest BCUT2D eigenvalue weighted by Crippen LogP contribution is 2.32. The predicted molar refractivity (Wildman–Crippen MR) is 91.0 cm³/mol. The SMILES string of the molecule is Cc1c(C(N)=O)c(-c2ccccc2)c(C)n1CCCN(C)C. The van der Waals surface area contributed by atoms with Gasteiger partial charge in [0.25, 0.3) is 5.91 Å². The molecule has 2 rings (SSSR count). The third-order valence-electron chi connectivity index (χ3n) is 4.08. The highest BCUT2D eigenvalue weighted by Gasteiger charge is 2.22. The van der Waals surface area contributed by atoms with Gasteiger partial charge >= 0.3 is 0 Å². The first-order valence-electron chi connectivity index (χ1n) is 7.63. The van der Waals surface area contributed by atoms with E-state index in [1.807, 2.05) is 37.3 Å². The Bertz CT molecular complexity index is 657. The van der Waals surface area contributed by atoms with Crippen LogP contribution in [0.4, 0.5) is 0 Å². The quantitative estimate of drug-likeness (QED) is 0.891. The molecule has 2 aromatic rings. The Balaban J connectivity index is 2.47. The van der Waals surface area contributed by atoms with Crippen LogP contribution in [0.15, 0.2) is 30.3 Å². The smallest absolute Gasteiger partial charge is 0.251 e. The van der Waals surface area contributed by atoms with Crippen LogP contribution in [0.25, 0.3) is 11.1 Å². The van der Waals surface area contributed by atoms with Gasteiger partial charge in [-0.2, -0.15) is 0 Å². The van der Waals surface area contributed by atoms with Gasteiger partial charge in [-0.1, -0.05) is 30.3 Å². The van der Waals surface area contributed by atoms with E-state index < -0.39 is 0 Å². The molecule has 4 nitrogen and oxygen atoms in total. The summed E-state index contributed by atoms with van der Waals surface area (Å²) in [5.41, 5.74) is 10.4. The number of nitrogens with two attached hydrogens (primary N) is 1. The highest BCUT2D eigenvalue weighted by molar-refractivity contribution is 6.02. The van der Waals surface area contributed by atoms with Gasteiger partial charge < -0.3 is 15.2 Å². The van der Waals surface area contributed by atoms with Crippen molar-refractivity contribution >= 4 is 5.91 Å². The van der Waals surface area contributed by atoms with Crippen LogP contribution in [-0.4, -0.2) is 36.0 Å². The third kappa shape index (κ3) is 3.22. The van der Waals surface area contributed by atoms with Crippen LogP contribution in [0, 0.1) is 13.8 Å². The topological polar surface area (TPSA) is 51.3 Å². The number of aromatic nitrogens is 1. The standard InChI is InChI=1S/C18H25N3O/c1-13-16(15-9-6-5-7-10-15)17(18(19)22)14(2)21(13)12-8-11-20(3)4/h5-7,9-10H,8,11-12H2,1-4H3,(H2,19,22). The number of hydrogen-bond donors (Lipinski definition) is 1. The molecular formula is C18H25N3O. The fourth-order valence-corrected chi connectivity index (χ4v) is 3.02. The van der Waals surface area contributed by atoms with Crippen molar-refractivity contribution in [3.05, 3.63) is 47.3 Å². The average Bonchev–Trinajstić information content (AvgIpc) is 2.72. The van der Waals surface area contributed by atoms with Crippen LogP contribution in [0.1, 0.15) is 28.2 Å². The van der Waals surface area contributed by atoms with Crippen molar-refractivity contribution in [2.24, 2.45) is 5.73 Å². The maximum absolute atomic E-state index is 12.0. The summed E-state index contributed by atoms with van der Waals surface area (Å²) in [6.45, 7) is 5.96. The molecule has 0 radical (unpaired) electrons. The molecule has 0 aliphatic heterocycles. The van der Waals surface area contributed by atoms with E-state index in [1.54, 1.807) is 0 Å². The predicted octanol–water partition coefficient (Wildman–Crippen LogP) is 2.82. The molecule has 1 aromatic heterocycles. The van der Waals surface area contributed by atoms with Crippen LogP contribution < -0.4 is 5.73 Å². The van der Waals surface area contributed by atoms with Crippen LogP contribution in [0.5, 0.6) is 0 Å². The second-order valence-electron chi connectivity index (χ2n) is 5.96. The molecule has 4 heteroatoms. The molecule has 0 unspecified atom stereocenters. The number of primary amides is 1. The Hall–Kier alpha value is -2.07. The Kier molecular flexibility index (Phi) is 5.03. The van der Waals surface area contributed by atoms with Crippen LogP contribution in [-0.2, 0) is 6.54 Å². The largest absolute Gasteiger partial charge is 0.366 e. The second kappa shape index (κ2) is 6.79. The second-order valence-corrected chi connectivity index (χ2v) is 5.96. The molecular weight excluding hydrogens is 274 g/mol. The minimum absolute atomic E-state index is 0.356. The lowest BCUT2D eigenvalue weighted by Crippen LogP contribution is -2.16. The van der Waals surface area contributed by atoms with E-state index in [9.17, 15) is 4.79 Å². The Morgan fingerprint density at radius 3 is 2.32 bits per heavy atom. The average molecular weight is 299 g/mol. The summed E-state index contributed by atoms with van der Waals surface area (Å²) in [5.74, 6) is -0.356. The van der Waals surface area contributed by atoms with Gasteiger partial charge in [-0.05, 0) is 46.5 Å². The molecule has 118 valence electrons. The summed E-state index contributed by atoms with van der Waals surface area (Å²) >= 11 is 0. The summed E-state index contributed by atoms with van der Waals surface area (Å²) in [4.78, 5) is 14.1. The number of hydrogen-bond acceptors (Lipinski definition) is 2. The highest BCUT2D eigenvalue weighted by atomic mass is 16.1. The van der Waals surface area contributed by atoms with Gasteiger partial charge in [-0.25, -0.2) is 0 Å². The molecule has 0 aliphatic carbocycles. The number of rotatable bonds is 6. The van der Waals surface area contributed by atoms with Crippen LogP contribution >= 0.6 is 0 Å². The number of carbonyl (C=O) groups excluding carboxylic acids is 1. The Labute approximate surface area is 132 Å². The third-order valence-corrected chi connectivity index (χ3v) is 4.08. The zero-order chi connectivity index (χ0) is 16.3. The fraction of sp³-hybridized carbons (Fsp3) is 0.389. The zero-order valence-electron chi connectivity index (χ0n) is 13.9. The van der Waals surface area contributed by atoms with E-state index in [1.165, 1.54) is 0 Å². The summed E-state index contributed by atoms with van der Waals surface area (Å²) in [7, 11) is 4.14. The maximum Gasteiger partial charge on any atom is 0.251 e. The number of nitrogens with zero attached hydrogens (tertiary/aromatic N) is 2. The molecule has 0 aliphatic rings. The molecule has 1 aromatic carbocycles. The number of benzene rings is 1. The molecule has 0 saturated carbocycles. The van der Waals surface area contributed by atoms with E-state index >= 15 is 0 Å². The summed E-state index contributed by atoms with van der Waals surface area (Å²) < 4.78 is 2.21. The lowest BCUT2D eigenvalue weighted by molar-refractivity contribution is 0.1000. The van der Waals surface area contributed by atoms with E-state index in [0.29, 0.717) is 5.56 Å². The first-order chi connectivity index (χ1) is 10.4. The molecule has 0 saturated heterocycles. The fourth-order valence-electron chi connectivity index (χ4n) is 3.02. The van der Waals surface area contributed by atoms with E-state index in [2.05, 4.69) is 30.5 Å². The maximum atomic E-state index is 12.0. The Morgan fingerprint density at radius 2 is 1.77 bits per heavy atom.